The standard InChI is InChI=1S/C20H16F2N2O4.C19H15F2N3O4/c1-11-18(24-20(28-11)14-4-2-3-5-15(14)22)19(27)23-16(10-17(25)26)12-6-8-13(21)9-7-12;1-10-5-7-11(8-6-10)14(9-15(25)26)22-18(27)17-23-19(28-24-17)12-3-2-4-13(20)16(12)21/h2-9,16H,10H2,1H3,(H,23,27)(H,25,26);2-8,14H,9H2,1H3,(H,22,27)(H,25,26)/t16-;14-/m00/s1. The van der Waals surface area contributed by atoms with Crippen LogP contribution in [0.15, 0.2) is 99.9 Å². The van der Waals surface area contributed by atoms with Crippen molar-refractivity contribution in [2.75, 3.05) is 0 Å². The number of carboxylic acid groups (broad SMARTS) is 2. The maximum atomic E-state index is 13.9. The minimum absolute atomic E-state index is 0.0580. The molecule has 2 aromatic heterocycles. The first-order chi connectivity index (χ1) is 26.7. The minimum Gasteiger partial charge on any atom is -0.481 e. The number of aromatic nitrogens is 3. The fourth-order valence-corrected chi connectivity index (χ4v) is 5.25. The first-order valence-electron chi connectivity index (χ1n) is 16.6. The molecule has 17 heteroatoms. The lowest BCUT2D eigenvalue weighted by atomic mass is 10.0. The number of nitrogens with one attached hydrogen (secondary N) is 2. The molecule has 0 saturated heterocycles. The van der Waals surface area contributed by atoms with Gasteiger partial charge in [-0.15, -0.1) is 0 Å². The van der Waals surface area contributed by atoms with E-state index < -0.39 is 71.4 Å². The summed E-state index contributed by atoms with van der Waals surface area (Å²) in [4.78, 5) is 55.2. The summed E-state index contributed by atoms with van der Waals surface area (Å²) in [6, 6.07) is 19.6. The van der Waals surface area contributed by atoms with E-state index in [1.807, 2.05) is 6.92 Å². The summed E-state index contributed by atoms with van der Waals surface area (Å²) in [7, 11) is 0. The van der Waals surface area contributed by atoms with E-state index in [0.29, 0.717) is 11.1 Å². The Bertz CT molecular complexity index is 2360. The van der Waals surface area contributed by atoms with Crippen molar-refractivity contribution in [2.45, 2.75) is 38.8 Å². The van der Waals surface area contributed by atoms with Crippen LogP contribution in [-0.2, 0) is 9.59 Å². The summed E-state index contributed by atoms with van der Waals surface area (Å²) in [6.07, 6.45) is -0.771. The van der Waals surface area contributed by atoms with Gasteiger partial charge in [0.25, 0.3) is 23.5 Å². The molecule has 288 valence electrons. The topological polar surface area (TPSA) is 198 Å². The van der Waals surface area contributed by atoms with Gasteiger partial charge in [0.15, 0.2) is 17.3 Å². The van der Waals surface area contributed by atoms with E-state index >= 15 is 0 Å². The molecule has 0 unspecified atom stereocenters. The van der Waals surface area contributed by atoms with Crippen molar-refractivity contribution in [2.24, 2.45) is 0 Å². The summed E-state index contributed by atoms with van der Waals surface area (Å²) in [5.41, 5.74) is 1.71. The molecule has 4 aromatic carbocycles. The molecule has 6 aromatic rings. The molecule has 6 rings (SSSR count). The van der Waals surface area contributed by atoms with Crippen LogP contribution in [0.2, 0.25) is 0 Å². The average molecular weight is 774 g/mol. The quantitative estimate of drug-likeness (QED) is 0.0922. The van der Waals surface area contributed by atoms with Gasteiger partial charge in [-0.25, -0.2) is 22.5 Å². The summed E-state index contributed by atoms with van der Waals surface area (Å²) >= 11 is 0. The van der Waals surface area contributed by atoms with Gasteiger partial charge in [-0.3, -0.25) is 19.2 Å². The van der Waals surface area contributed by atoms with Crippen LogP contribution in [0, 0.1) is 37.1 Å². The second-order valence-electron chi connectivity index (χ2n) is 12.1. The Morgan fingerprint density at radius 2 is 1.21 bits per heavy atom. The van der Waals surface area contributed by atoms with Crippen molar-refractivity contribution >= 4 is 23.8 Å². The number of aliphatic carboxylic acids is 2. The number of nitrogens with zero attached hydrogens (tertiary/aromatic N) is 3. The lowest BCUT2D eigenvalue weighted by Gasteiger charge is -2.17. The molecule has 0 spiro atoms. The van der Waals surface area contributed by atoms with E-state index in [9.17, 15) is 36.7 Å². The Balaban J connectivity index is 0.000000214. The number of carboxylic acids is 2. The molecule has 0 aliphatic rings. The minimum atomic E-state index is -1.18. The van der Waals surface area contributed by atoms with Crippen molar-refractivity contribution in [1.82, 2.24) is 25.8 Å². The highest BCUT2D eigenvalue weighted by atomic mass is 19.2. The molecule has 0 aliphatic heterocycles. The van der Waals surface area contributed by atoms with Crippen LogP contribution in [0.3, 0.4) is 0 Å². The summed E-state index contributed by atoms with van der Waals surface area (Å²) in [5, 5.41) is 26.8. The Kier molecular flexibility index (Phi) is 12.7. The largest absolute Gasteiger partial charge is 0.481 e. The zero-order valence-electron chi connectivity index (χ0n) is 29.4. The lowest BCUT2D eigenvalue weighted by molar-refractivity contribution is -0.138. The molecule has 4 N–H and O–H groups in total. The number of carbonyl (C=O) groups excluding carboxylic acids is 2. The van der Waals surface area contributed by atoms with Crippen LogP contribution < -0.4 is 10.6 Å². The molecule has 13 nitrogen and oxygen atoms in total. The summed E-state index contributed by atoms with van der Waals surface area (Å²) in [5.74, 6) is -7.74. The molecule has 0 bridgehead atoms. The maximum Gasteiger partial charge on any atom is 0.305 e. The van der Waals surface area contributed by atoms with Gasteiger partial charge in [0.2, 0.25) is 5.89 Å². The third kappa shape index (κ3) is 10.1. The highest BCUT2D eigenvalue weighted by Gasteiger charge is 2.26. The number of hydrogen-bond donors (Lipinski definition) is 4. The normalized spacial score (nSPS) is 11.8. The third-order valence-corrected chi connectivity index (χ3v) is 8.05. The Labute approximate surface area is 315 Å². The van der Waals surface area contributed by atoms with Crippen molar-refractivity contribution < 1.29 is 55.9 Å². The van der Waals surface area contributed by atoms with E-state index in [4.69, 9.17) is 19.2 Å². The van der Waals surface area contributed by atoms with Crippen LogP contribution >= 0.6 is 0 Å². The predicted octanol–water partition coefficient (Wildman–Crippen LogP) is 7.14. The van der Waals surface area contributed by atoms with Gasteiger partial charge in [0.05, 0.1) is 36.1 Å². The average Bonchev–Trinajstić information content (AvgIpc) is 3.80. The van der Waals surface area contributed by atoms with Gasteiger partial charge in [-0.1, -0.05) is 65.3 Å². The number of benzene rings is 4. The number of oxazole rings is 1. The van der Waals surface area contributed by atoms with Gasteiger partial charge in [-0.2, -0.15) is 4.98 Å². The number of halogens is 4. The van der Waals surface area contributed by atoms with E-state index in [0.717, 1.165) is 11.6 Å². The molecule has 0 radical (unpaired) electrons. The number of carbonyl (C=O) groups is 4. The van der Waals surface area contributed by atoms with E-state index in [1.165, 1.54) is 61.5 Å². The van der Waals surface area contributed by atoms with Gasteiger partial charge >= 0.3 is 11.9 Å². The number of aryl methyl sites for hydroxylation is 2. The third-order valence-electron chi connectivity index (χ3n) is 8.05. The fraction of sp³-hybridized carbons (Fsp3) is 0.154. The maximum absolute atomic E-state index is 13.9. The van der Waals surface area contributed by atoms with E-state index in [2.05, 4.69) is 25.8 Å². The molecule has 56 heavy (non-hydrogen) atoms. The van der Waals surface area contributed by atoms with Gasteiger partial charge in [0, 0.05) is 0 Å². The molecule has 0 saturated carbocycles. The summed E-state index contributed by atoms with van der Waals surface area (Å²) in [6.45, 7) is 3.37. The molecule has 0 aliphatic carbocycles. The van der Waals surface area contributed by atoms with E-state index in [1.54, 1.807) is 30.3 Å². The highest BCUT2D eigenvalue weighted by Crippen LogP contribution is 2.26. The van der Waals surface area contributed by atoms with Gasteiger partial charge < -0.3 is 29.8 Å². The monoisotopic (exact) mass is 773 g/mol. The van der Waals surface area contributed by atoms with Crippen LogP contribution in [0.1, 0.15) is 68.5 Å². The zero-order valence-corrected chi connectivity index (χ0v) is 29.4. The fourth-order valence-electron chi connectivity index (χ4n) is 5.25. The van der Waals surface area contributed by atoms with Crippen molar-refractivity contribution in [3.8, 4) is 22.9 Å². The Morgan fingerprint density at radius 1 is 0.661 bits per heavy atom. The zero-order chi connectivity index (χ0) is 40.5. The highest BCUT2D eigenvalue weighted by molar-refractivity contribution is 5.94. The van der Waals surface area contributed by atoms with E-state index in [-0.39, 0.29) is 40.8 Å². The molecule has 0 fully saturated rings. The lowest BCUT2D eigenvalue weighted by Crippen LogP contribution is -2.31. The van der Waals surface area contributed by atoms with Crippen molar-refractivity contribution in [1.29, 1.82) is 0 Å². The second-order valence-corrected chi connectivity index (χ2v) is 12.1. The molecule has 2 amide bonds. The first-order valence-corrected chi connectivity index (χ1v) is 16.6. The van der Waals surface area contributed by atoms with Crippen LogP contribution in [0.25, 0.3) is 22.9 Å². The predicted molar refractivity (Wildman–Crippen MR) is 189 cm³/mol. The smallest absolute Gasteiger partial charge is 0.305 e. The number of amides is 2. The Morgan fingerprint density at radius 3 is 1.82 bits per heavy atom. The van der Waals surface area contributed by atoms with Crippen molar-refractivity contribution in [3.05, 3.63) is 148 Å². The molecular weight excluding hydrogens is 742 g/mol. The van der Waals surface area contributed by atoms with Crippen LogP contribution in [-0.4, -0.2) is 49.1 Å². The van der Waals surface area contributed by atoms with Gasteiger partial charge in [-0.05, 0) is 61.4 Å². The number of hydrogen-bond acceptors (Lipinski definition) is 9. The second kappa shape index (κ2) is 17.8. The SMILES string of the molecule is Cc1ccc([C@H](CC(=O)O)NC(=O)c2noc(-c3cccc(F)c3F)n2)cc1.Cc1oc(-c2ccccc2F)nc1C(=O)N[C@@H](CC(=O)O)c1ccc(F)cc1. The van der Waals surface area contributed by atoms with Gasteiger partial charge in [0.1, 0.15) is 17.4 Å². The Hall–Kier alpha value is -7.17. The molecule has 2 heterocycles. The first kappa shape index (κ1) is 40.0. The van der Waals surface area contributed by atoms with Crippen LogP contribution in [0.4, 0.5) is 17.6 Å². The molecule has 2 atom stereocenters. The number of rotatable bonds is 12. The molecular formula is C39H31F4N5O8. The van der Waals surface area contributed by atoms with Crippen molar-refractivity contribution in [3.63, 3.8) is 0 Å². The van der Waals surface area contributed by atoms with Crippen LogP contribution in [0.5, 0.6) is 0 Å². The summed E-state index contributed by atoms with van der Waals surface area (Å²) < 4.78 is 64.5.